The lowest BCUT2D eigenvalue weighted by molar-refractivity contribution is 0.313. The largest absolute Gasteiger partial charge is 0.369 e. The minimum absolute atomic E-state index is 0.595. The van der Waals surface area contributed by atoms with E-state index in [1.165, 1.54) is 36.9 Å². The molecule has 0 aliphatic carbocycles. The minimum atomic E-state index is 0.595. The van der Waals surface area contributed by atoms with Crippen LogP contribution in [0.25, 0.3) is 5.69 Å². The first-order chi connectivity index (χ1) is 16.1. The molecule has 8 heteroatoms. The Labute approximate surface area is 196 Å². The number of anilines is 4. The molecule has 4 heterocycles. The zero-order valence-corrected chi connectivity index (χ0v) is 19.7. The van der Waals surface area contributed by atoms with Crippen molar-refractivity contribution in [3.05, 3.63) is 48.4 Å². The van der Waals surface area contributed by atoms with Gasteiger partial charge >= 0.3 is 0 Å². The van der Waals surface area contributed by atoms with Crippen molar-refractivity contribution in [1.82, 2.24) is 24.6 Å². The molecule has 2 saturated heterocycles. The fourth-order valence-electron chi connectivity index (χ4n) is 4.68. The lowest BCUT2D eigenvalue weighted by Gasteiger charge is -2.34. The summed E-state index contributed by atoms with van der Waals surface area (Å²) < 4.78 is 1.82. The maximum absolute atomic E-state index is 4.69. The predicted molar refractivity (Wildman–Crippen MR) is 134 cm³/mol. The summed E-state index contributed by atoms with van der Waals surface area (Å²) in [7, 11) is 2.18. The van der Waals surface area contributed by atoms with Crippen LogP contribution in [0.2, 0.25) is 0 Å². The molecular formula is C25H34N8. The second-order valence-corrected chi connectivity index (χ2v) is 9.26. The molecule has 8 nitrogen and oxygen atoms in total. The van der Waals surface area contributed by atoms with Crippen LogP contribution in [-0.2, 0) is 0 Å². The van der Waals surface area contributed by atoms with Crippen molar-refractivity contribution in [3.8, 4) is 5.69 Å². The van der Waals surface area contributed by atoms with Crippen LogP contribution in [0, 0.1) is 6.92 Å². The summed E-state index contributed by atoms with van der Waals surface area (Å²) in [6, 6.07) is 10.7. The van der Waals surface area contributed by atoms with Gasteiger partial charge in [-0.25, -0.2) is 9.67 Å². The number of likely N-dealkylation sites (N-methyl/N-ethyl adjacent to an activating group) is 1. The van der Waals surface area contributed by atoms with Gasteiger partial charge in [-0.3, -0.25) is 0 Å². The Balaban J connectivity index is 1.31. The van der Waals surface area contributed by atoms with Crippen molar-refractivity contribution in [2.45, 2.75) is 32.6 Å². The van der Waals surface area contributed by atoms with Crippen molar-refractivity contribution in [2.75, 3.05) is 61.4 Å². The van der Waals surface area contributed by atoms with Gasteiger partial charge in [-0.05, 0) is 56.6 Å². The Morgan fingerprint density at radius 3 is 2.36 bits per heavy atom. The Morgan fingerprint density at radius 1 is 0.788 bits per heavy atom. The van der Waals surface area contributed by atoms with Crippen molar-refractivity contribution >= 4 is 23.1 Å². The summed E-state index contributed by atoms with van der Waals surface area (Å²) in [6.45, 7) is 8.56. The molecule has 174 valence electrons. The lowest BCUT2D eigenvalue weighted by Crippen LogP contribution is -2.44. The van der Waals surface area contributed by atoms with E-state index in [1.807, 2.05) is 16.9 Å². The first-order valence-electron chi connectivity index (χ1n) is 12.1. The maximum Gasteiger partial charge on any atom is 0.246 e. The molecule has 2 aromatic heterocycles. The van der Waals surface area contributed by atoms with Gasteiger partial charge in [0.2, 0.25) is 5.95 Å². The van der Waals surface area contributed by atoms with Crippen LogP contribution in [-0.4, -0.2) is 71.0 Å². The van der Waals surface area contributed by atoms with Gasteiger partial charge in [0, 0.05) is 62.9 Å². The Morgan fingerprint density at radius 2 is 1.58 bits per heavy atom. The zero-order valence-electron chi connectivity index (χ0n) is 19.7. The monoisotopic (exact) mass is 446 g/mol. The van der Waals surface area contributed by atoms with Crippen LogP contribution in [0.4, 0.5) is 23.1 Å². The fourth-order valence-corrected chi connectivity index (χ4v) is 4.68. The van der Waals surface area contributed by atoms with E-state index in [2.05, 4.69) is 68.2 Å². The van der Waals surface area contributed by atoms with E-state index in [9.17, 15) is 0 Å². The van der Waals surface area contributed by atoms with Crippen molar-refractivity contribution in [3.63, 3.8) is 0 Å². The number of aryl methyl sites for hydroxylation is 1. The van der Waals surface area contributed by atoms with Gasteiger partial charge in [0.1, 0.15) is 12.1 Å². The molecule has 0 saturated carbocycles. The molecule has 0 spiro atoms. The summed E-state index contributed by atoms with van der Waals surface area (Å²) in [5.41, 5.74) is 4.47. The summed E-state index contributed by atoms with van der Waals surface area (Å²) in [4.78, 5) is 16.3. The fraction of sp³-hybridized carbons (Fsp3) is 0.480. The number of benzene rings is 1. The Kier molecular flexibility index (Phi) is 6.44. The maximum atomic E-state index is 4.69. The standard InChI is InChI=1S/C25H34N8/c1-20-15-21(17-23(16-20)31-13-11-30(2)12-14-31)28-25-27-19-33(29-25)22-7-8-26-24(18-22)32-9-5-3-4-6-10-32/h7-8,15-19H,3-6,9-14H2,1-2H3,(H,28,29). The van der Waals surface area contributed by atoms with E-state index in [0.717, 1.165) is 56.5 Å². The number of rotatable bonds is 5. The highest BCUT2D eigenvalue weighted by atomic mass is 15.4. The molecule has 5 rings (SSSR count). The number of aromatic nitrogens is 4. The molecule has 2 aliphatic heterocycles. The van der Waals surface area contributed by atoms with Crippen LogP contribution in [0.3, 0.4) is 0 Å². The van der Waals surface area contributed by atoms with E-state index in [1.54, 1.807) is 6.33 Å². The topological polar surface area (TPSA) is 65.4 Å². The van der Waals surface area contributed by atoms with Gasteiger partial charge in [-0.2, -0.15) is 4.98 Å². The molecule has 3 aromatic rings. The molecule has 0 radical (unpaired) electrons. The third kappa shape index (κ3) is 5.27. The highest BCUT2D eigenvalue weighted by Crippen LogP contribution is 2.25. The van der Waals surface area contributed by atoms with E-state index >= 15 is 0 Å². The molecule has 0 amide bonds. The van der Waals surface area contributed by atoms with Gasteiger partial charge in [-0.1, -0.05) is 12.8 Å². The van der Waals surface area contributed by atoms with E-state index in [4.69, 9.17) is 5.10 Å². The minimum Gasteiger partial charge on any atom is -0.369 e. The third-order valence-electron chi connectivity index (χ3n) is 6.60. The molecule has 0 unspecified atom stereocenters. The zero-order chi connectivity index (χ0) is 22.6. The molecule has 1 aromatic carbocycles. The lowest BCUT2D eigenvalue weighted by atomic mass is 10.1. The SMILES string of the molecule is Cc1cc(Nc2ncn(-c3ccnc(N4CCCCCC4)c3)n2)cc(N2CCN(C)CC2)c1. The van der Waals surface area contributed by atoms with Gasteiger partial charge in [0.25, 0.3) is 0 Å². The van der Waals surface area contributed by atoms with Crippen molar-refractivity contribution in [2.24, 2.45) is 0 Å². The number of pyridine rings is 1. The van der Waals surface area contributed by atoms with Crippen LogP contribution in [0.5, 0.6) is 0 Å². The average molecular weight is 447 g/mol. The third-order valence-corrected chi connectivity index (χ3v) is 6.60. The van der Waals surface area contributed by atoms with Gasteiger partial charge in [-0.15, -0.1) is 5.10 Å². The van der Waals surface area contributed by atoms with Crippen LogP contribution >= 0.6 is 0 Å². The van der Waals surface area contributed by atoms with Gasteiger partial charge in [0.15, 0.2) is 0 Å². The second-order valence-electron chi connectivity index (χ2n) is 9.26. The average Bonchev–Trinajstić information content (AvgIpc) is 3.11. The highest BCUT2D eigenvalue weighted by molar-refractivity contribution is 5.64. The molecule has 2 aliphatic rings. The second kappa shape index (κ2) is 9.79. The van der Waals surface area contributed by atoms with E-state index < -0.39 is 0 Å². The number of piperazine rings is 1. The smallest absolute Gasteiger partial charge is 0.246 e. The summed E-state index contributed by atoms with van der Waals surface area (Å²) in [6.07, 6.45) is 8.72. The summed E-state index contributed by atoms with van der Waals surface area (Å²) in [5, 5.41) is 8.09. The van der Waals surface area contributed by atoms with Crippen LogP contribution in [0.15, 0.2) is 42.9 Å². The van der Waals surface area contributed by atoms with Crippen LogP contribution < -0.4 is 15.1 Å². The quantitative estimate of drug-likeness (QED) is 0.639. The molecule has 2 fully saturated rings. The van der Waals surface area contributed by atoms with E-state index in [0.29, 0.717) is 5.95 Å². The predicted octanol–water partition coefficient (Wildman–Crippen LogP) is 3.85. The molecule has 1 N–H and O–H groups in total. The Bertz CT molecular complexity index is 1060. The first kappa shape index (κ1) is 21.7. The van der Waals surface area contributed by atoms with Crippen molar-refractivity contribution < 1.29 is 0 Å². The van der Waals surface area contributed by atoms with E-state index in [-0.39, 0.29) is 0 Å². The van der Waals surface area contributed by atoms with Gasteiger partial charge in [0.05, 0.1) is 5.69 Å². The van der Waals surface area contributed by atoms with Gasteiger partial charge < -0.3 is 20.0 Å². The van der Waals surface area contributed by atoms with Crippen LogP contribution in [0.1, 0.15) is 31.2 Å². The molecule has 33 heavy (non-hydrogen) atoms. The normalized spacial score (nSPS) is 17.8. The number of nitrogens with one attached hydrogen (secondary N) is 1. The number of nitrogens with zero attached hydrogens (tertiary/aromatic N) is 7. The number of hydrogen-bond acceptors (Lipinski definition) is 7. The highest BCUT2D eigenvalue weighted by Gasteiger charge is 2.16. The summed E-state index contributed by atoms with van der Waals surface area (Å²) >= 11 is 0. The molecular weight excluding hydrogens is 412 g/mol. The number of hydrogen-bond donors (Lipinski definition) is 1. The summed E-state index contributed by atoms with van der Waals surface area (Å²) in [5.74, 6) is 1.62. The molecule has 0 atom stereocenters. The first-order valence-corrected chi connectivity index (χ1v) is 12.1. The van der Waals surface area contributed by atoms with Crippen molar-refractivity contribution in [1.29, 1.82) is 0 Å². The Hall–Kier alpha value is -3.13. The molecule has 0 bridgehead atoms.